The zero-order chi connectivity index (χ0) is 17.0. The van der Waals surface area contributed by atoms with E-state index in [1.165, 1.54) is 26.2 Å². The maximum absolute atomic E-state index is 12.6. The Kier molecular flexibility index (Phi) is 5.12. The predicted octanol–water partition coefficient (Wildman–Crippen LogP) is 3.11. The summed E-state index contributed by atoms with van der Waals surface area (Å²) in [6, 6.07) is 10.8. The average molecular weight is 355 g/mol. The number of methoxy groups -OCH3 is 1. The van der Waals surface area contributed by atoms with Gasteiger partial charge in [-0.1, -0.05) is 23.7 Å². The standard InChI is InChI=1S/C15H15ClN2O4S/c1-10(19)17-11-7-8-14(22-2)15(9-11)23(20,21)18-13-6-4-3-5-12(13)16/h3-9,18H,1-2H3,(H,17,19). The van der Waals surface area contributed by atoms with Crippen molar-refractivity contribution in [3.63, 3.8) is 0 Å². The van der Waals surface area contributed by atoms with Gasteiger partial charge in [0.2, 0.25) is 5.91 Å². The molecular formula is C15H15ClN2O4S. The highest BCUT2D eigenvalue weighted by atomic mass is 35.5. The molecule has 0 unspecified atom stereocenters. The number of halogens is 1. The number of para-hydroxylation sites is 1. The first kappa shape index (κ1) is 17.1. The summed E-state index contributed by atoms with van der Waals surface area (Å²) in [5.41, 5.74) is 0.596. The largest absolute Gasteiger partial charge is 0.495 e. The molecule has 2 aromatic rings. The summed E-state index contributed by atoms with van der Waals surface area (Å²) in [7, 11) is -2.58. The lowest BCUT2D eigenvalue weighted by molar-refractivity contribution is -0.114. The molecule has 1 amide bonds. The van der Waals surface area contributed by atoms with Crippen molar-refractivity contribution in [2.45, 2.75) is 11.8 Å². The molecule has 0 atom stereocenters. The molecule has 0 bridgehead atoms. The van der Waals surface area contributed by atoms with Gasteiger partial charge in [-0.2, -0.15) is 0 Å². The molecule has 122 valence electrons. The van der Waals surface area contributed by atoms with Gasteiger partial charge >= 0.3 is 0 Å². The topological polar surface area (TPSA) is 84.5 Å². The van der Waals surface area contributed by atoms with Crippen LogP contribution in [0.5, 0.6) is 5.75 Å². The van der Waals surface area contributed by atoms with E-state index in [0.717, 1.165) is 0 Å². The first-order valence-corrected chi connectivity index (χ1v) is 8.42. The van der Waals surface area contributed by atoms with Crippen LogP contribution in [0.2, 0.25) is 5.02 Å². The Bertz CT molecular complexity index is 837. The van der Waals surface area contributed by atoms with Gasteiger partial charge in [0.15, 0.2) is 0 Å². The van der Waals surface area contributed by atoms with Gasteiger partial charge in [-0.05, 0) is 30.3 Å². The lowest BCUT2D eigenvalue weighted by atomic mass is 10.3. The zero-order valence-corrected chi connectivity index (χ0v) is 14.0. The number of carbonyl (C=O) groups is 1. The molecule has 6 nitrogen and oxygen atoms in total. The van der Waals surface area contributed by atoms with Crippen LogP contribution in [0, 0.1) is 0 Å². The molecule has 23 heavy (non-hydrogen) atoms. The molecule has 0 radical (unpaired) electrons. The second-order valence-corrected chi connectivity index (χ2v) is 6.69. The third kappa shape index (κ3) is 4.14. The fourth-order valence-corrected chi connectivity index (χ4v) is 3.43. The number of amides is 1. The van der Waals surface area contributed by atoms with Crippen LogP contribution in [0.3, 0.4) is 0 Å². The van der Waals surface area contributed by atoms with Crippen LogP contribution in [0.1, 0.15) is 6.92 Å². The Morgan fingerprint density at radius 2 is 1.87 bits per heavy atom. The number of carbonyl (C=O) groups excluding carboxylic acids is 1. The summed E-state index contributed by atoms with van der Waals surface area (Å²) in [4.78, 5) is 11.0. The third-order valence-electron chi connectivity index (χ3n) is 2.89. The van der Waals surface area contributed by atoms with Crippen LogP contribution < -0.4 is 14.8 Å². The number of nitrogens with one attached hydrogen (secondary N) is 2. The number of ether oxygens (including phenoxy) is 1. The second kappa shape index (κ2) is 6.89. The van der Waals surface area contributed by atoms with Gasteiger partial charge in [-0.15, -0.1) is 0 Å². The predicted molar refractivity (Wildman–Crippen MR) is 89.6 cm³/mol. The summed E-state index contributed by atoms with van der Waals surface area (Å²) < 4.78 is 32.7. The van der Waals surface area contributed by atoms with Gasteiger partial charge in [0.05, 0.1) is 17.8 Å². The van der Waals surface area contributed by atoms with Gasteiger partial charge in [-0.3, -0.25) is 9.52 Å². The van der Waals surface area contributed by atoms with Crippen molar-refractivity contribution in [3.05, 3.63) is 47.5 Å². The molecule has 2 rings (SSSR count). The molecule has 2 N–H and O–H groups in total. The summed E-state index contributed by atoms with van der Waals surface area (Å²) in [5.74, 6) is -0.156. The third-order valence-corrected chi connectivity index (χ3v) is 4.61. The van der Waals surface area contributed by atoms with E-state index in [1.54, 1.807) is 30.3 Å². The molecule has 0 fully saturated rings. The molecule has 0 aromatic heterocycles. The van der Waals surface area contributed by atoms with Gasteiger partial charge in [-0.25, -0.2) is 8.42 Å². The highest BCUT2D eigenvalue weighted by Crippen LogP contribution is 2.30. The van der Waals surface area contributed by atoms with Crippen molar-refractivity contribution in [2.24, 2.45) is 0 Å². The number of rotatable bonds is 5. The first-order chi connectivity index (χ1) is 10.8. The Morgan fingerprint density at radius 3 is 2.48 bits per heavy atom. The summed E-state index contributed by atoms with van der Waals surface area (Å²) in [6.07, 6.45) is 0. The van der Waals surface area contributed by atoms with Gasteiger partial charge in [0, 0.05) is 12.6 Å². The molecule has 8 heteroatoms. The molecule has 0 aliphatic heterocycles. The molecule has 0 spiro atoms. The maximum Gasteiger partial charge on any atom is 0.265 e. The number of hydrogen-bond acceptors (Lipinski definition) is 4. The Morgan fingerprint density at radius 1 is 1.17 bits per heavy atom. The van der Waals surface area contributed by atoms with E-state index < -0.39 is 10.0 Å². The van der Waals surface area contributed by atoms with Gasteiger partial charge in [0.1, 0.15) is 10.6 Å². The van der Waals surface area contributed by atoms with Gasteiger partial charge in [0.25, 0.3) is 10.0 Å². The van der Waals surface area contributed by atoms with Crippen LogP contribution >= 0.6 is 11.6 Å². The molecule has 0 saturated carbocycles. The first-order valence-electron chi connectivity index (χ1n) is 6.56. The second-order valence-electron chi connectivity index (χ2n) is 4.63. The van der Waals surface area contributed by atoms with E-state index in [0.29, 0.717) is 5.69 Å². The highest BCUT2D eigenvalue weighted by molar-refractivity contribution is 7.92. The minimum absolute atomic E-state index is 0.105. The fourth-order valence-electron chi connectivity index (χ4n) is 1.91. The molecule has 2 aromatic carbocycles. The molecule has 0 aliphatic carbocycles. The van der Waals surface area contributed by atoms with Crippen molar-refractivity contribution in [2.75, 3.05) is 17.1 Å². The van der Waals surface area contributed by atoms with Crippen LogP contribution in [0.25, 0.3) is 0 Å². The minimum Gasteiger partial charge on any atom is -0.495 e. The van der Waals surface area contributed by atoms with E-state index >= 15 is 0 Å². The SMILES string of the molecule is COc1ccc(NC(C)=O)cc1S(=O)(=O)Nc1ccccc1Cl. The van der Waals surface area contributed by atoms with Gasteiger partial charge < -0.3 is 10.1 Å². The van der Waals surface area contributed by atoms with Crippen molar-refractivity contribution < 1.29 is 17.9 Å². The average Bonchev–Trinajstić information content (AvgIpc) is 2.49. The maximum atomic E-state index is 12.6. The fraction of sp³-hybridized carbons (Fsp3) is 0.133. The molecule has 0 saturated heterocycles. The van der Waals surface area contributed by atoms with Crippen molar-refractivity contribution in [3.8, 4) is 5.75 Å². The monoisotopic (exact) mass is 354 g/mol. The summed E-state index contributed by atoms with van der Waals surface area (Å²) >= 11 is 5.98. The number of sulfonamides is 1. The Labute approximate surface area is 139 Å². The quantitative estimate of drug-likeness (QED) is 0.864. The smallest absolute Gasteiger partial charge is 0.265 e. The van der Waals surface area contributed by atoms with Crippen molar-refractivity contribution in [1.82, 2.24) is 0 Å². The van der Waals surface area contributed by atoms with Crippen LogP contribution in [-0.2, 0) is 14.8 Å². The Hall–Kier alpha value is -2.25. The van der Waals surface area contributed by atoms with Crippen molar-refractivity contribution >= 4 is 38.9 Å². The van der Waals surface area contributed by atoms with E-state index in [4.69, 9.17) is 16.3 Å². The normalized spacial score (nSPS) is 10.9. The summed E-state index contributed by atoms with van der Waals surface area (Å²) in [6.45, 7) is 1.33. The molecular weight excluding hydrogens is 340 g/mol. The summed E-state index contributed by atoms with van der Waals surface area (Å²) in [5, 5.41) is 2.80. The lowest BCUT2D eigenvalue weighted by Crippen LogP contribution is -2.15. The van der Waals surface area contributed by atoms with Crippen molar-refractivity contribution in [1.29, 1.82) is 0 Å². The highest BCUT2D eigenvalue weighted by Gasteiger charge is 2.21. The number of anilines is 2. The Balaban J connectivity index is 2.45. The number of benzene rings is 2. The zero-order valence-electron chi connectivity index (χ0n) is 12.5. The van der Waals surface area contributed by atoms with Crippen LogP contribution in [0.15, 0.2) is 47.4 Å². The van der Waals surface area contributed by atoms with E-state index in [1.807, 2.05) is 0 Å². The van der Waals surface area contributed by atoms with Crippen LogP contribution in [0.4, 0.5) is 11.4 Å². The van der Waals surface area contributed by atoms with Crippen LogP contribution in [-0.4, -0.2) is 21.4 Å². The number of hydrogen-bond donors (Lipinski definition) is 2. The lowest BCUT2D eigenvalue weighted by Gasteiger charge is -2.14. The molecule has 0 aliphatic rings. The van der Waals surface area contributed by atoms with E-state index in [9.17, 15) is 13.2 Å². The molecule has 0 heterocycles. The van der Waals surface area contributed by atoms with E-state index in [-0.39, 0.29) is 27.3 Å². The minimum atomic E-state index is -3.95. The van der Waals surface area contributed by atoms with E-state index in [2.05, 4.69) is 10.0 Å².